The summed E-state index contributed by atoms with van der Waals surface area (Å²) in [6.45, 7) is 2.00. The van der Waals surface area contributed by atoms with E-state index in [1.165, 1.54) is 12.1 Å². The van der Waals surface area contributed by atoms with E-state index in [1.54, 1.807) is 12.3 Å². The van der Waals surface area contributed by atoms with Gasteiger partial charge in [0.15, 0.2) is 4.77 Å². The average Bonchev–Trinajstić information content (AvgIpc) is 2.61. The van der Waals surface area contributed by atoms with Crippen molar-refractivity contribution < 1.29 is 8.60 Å². The number of aromatic nitrogens is 2. The molecule has 0 aliphatic rings. The Hall–Kier alpha value is -1.01. The van der Waals surface area contributed by atoms with Gasteiger partial charge in [-0.25, -0.2) is 4.39 Å². The molecule has 1 aromatic carbocycles. The van der Waals surface area contributed by atoms with Crippen molar-refractivity contribution in [3.8, 4) is 0 Å². The van der Waals surface area contributed by atoms with Gasteiger partial charge in [-0.3, -0.25) is 4.21 Å². The quantitative estimate of drug-likeness (QED) is 0.877. The number of nitrogens with one attached hydrogen (secondary N) is 1. The van der Waals surface area contributed by atoms with E-state index >= 15 is 0 Å². The molecular formula is C12H15FN2OS2. The van der Waals surface area contributed by atoms with Gasteiger partial charge in [-0.15, -0.1) is 0 Å². The van der Waals surface area contributed by atoms with E-state index in [1.807, 2.05) is 11.5 Å². The standard InChI is InChI=1S/C12H15FN2OS2/c1-8(5-6-18(2)16)15-11-7-9(13)3-4-10(11)14-12(15)17/h3-4,7-8H,5-6H2,1-2H3,(H,14,17). The summed E-state index contributed by atoms with van der Waals surface area (Å²) in [5, 5.41) is 0. The molecule has 2 aromatic rings. The number of nitrogens with zero attached hydrogens (tertiary/aromatic N) is 1. The monoisotopic (exact) mass is 286 g/mol. The normalized spacial score (nSPS) is 14.8. The zero-order valence-electron chi connectivity index (χ0n) is 10.3. The molecule has 0 amide bonds. The Labute approximate surface area is 112 Å². The van der Waals surface area contributed by atoms with Crippen LogP contribution in [0.2, 0.25) is 0 Å². The van der Waals surface area contributed by atoms with Gasteiger partial charge in [0.25, 0.3) is 0 Å². The van der Waals surface area contributed by atoms with E-state index in [-0.39, 0.29) is 11.9 Å². The van der Waals surface area contributed by atoms with E-state index in [0.29, 0.717) is 10.5 Å². The highest BCUT2D eigenvalue weighted by Gasteiger charge is 2.12. The maximum Gasteiger partial charge on any atom is 0.178 e. The second-order valence-corrected chi connectivity index (χ2v) is 6.32. The van der Waals surface area contributed by atoms with E-state index < -0.39 is 10.8 Å². The first-order valence-electron chi connectivity index (χ1n) is 5.69. The summed E-state index contributed by atoms with van der Waals surface area (Å²) >= 11 is 5.26. The molecule has 2 atom stereocenters. The summed E-state index contributed by atoms with van der Waals surface area (Å²) in [6, 6.07) is 4.66. The number of hydrogen-bond acceptors (Lipinski definition) is 2. The number of imidazole rings is 1. The van der Waals surface area contributed by atoms with Crippen LogP contribution in [0.1, 0.15) is 19.4 Å². The van der Waals surface area contributed by atoms with Crippen LogP contribution in [0.3, 0.4) is 0 Å². The Balaban J connectivity index is 2.42. The van der Waals surface area contributed by atoms with Crippen molar-refractivity contribution in [1.29, 1.82) is 0 Å². The lowest BCUT2D eigenvalue weighted by Gasteiger charge is -2.13. The second-order valence-electron chi connectivity index (χ2n) is 4.38. The van der Waals surface area contributed by atoms with Crippen LogP contribution in [0.25, 0.3) is 11.0 Å². The van der Waals surface area contributed by atoms with Crippen molar-refractivity contribution in [3.63, 3.8) is 0 Å². The highest BCUT2D eigenvalue weighted by atomic mass is 32.2. The van der Waals surface area contributed by atoms with Crippen molar-refractivity contribution in [1.82, 2.24) is 9.55 Å². The number of fused-ring (bicyclic) bond motifs is 1. The zero-order chi connectivity index (χ0) is 13.3. The maximum atomic E-state index is 13.3. The fourth-order valence-corrected chi connectivity index (χ4v) is 3.06. The topological polar surface area (TPSA) is 37.8 Å². The number of aromatic amines is 1. The first-order chi connectivity index (χ1) is 8.49. The molecular weight excluding hydrogens is 271 g/mol. The number of benzene rings is 1. The minimum Gasteiger partial charge on any atom is -0.331 e. The second kappa shape index (κ2) is 5.32. The van der Waals surface area contributed by atoms with Crippen molar-refractivity contribution in [2.45, 2.75) is 19.4 Å². The van der Waals surface area contributed by atoms with Crippen LogP contribution >= 0.6 is 12.2 Å². The molecule has 1 aromatic heterocycles. The molecule has 1 heterocycles. The third-order valence-corrected chi connectivity index (χ3v) is 4.05. The Morgan fingerprint density at radius 2 is 2.28 bits per heavy atom. The number of H-pyrrole nitrogens is 1. The fourth-order valence-electron chi connectivity index (χ4n) is 2.00. The molecule has 0 bridgehead atoms. The summed E-state index contributed by atoms with van der Waals surface area (Å²) in [4.78, 5) is 3.06. The smallest absolute Gasteiger partial charge is 0.178 e. The fraction of sp³-hybridized carbons (Fsp3) is 0.417. The summed E-state index contributed by atoms with van der Waals surface area (Å²) in [6.07, 6.45) is 2.43. The largest absolute Gasteiger partial charge is 0.331 e. The molecule has 18 heavy (non-hydrogen) atoms. The van der Waals surface area contributed by atoms with Crippen molar-refractivity contribution in [3.05, 3.63) is 28.8 Å². The maximum absolute atomic E-state index is 13.3. The van der Waals surface area contributed by atoms with Crippen LogP contribution in [0.5, 0.6) is 0 Å². The number of halogens is 1. The Kier molecular flexibility index (Phi) is 3.97. The van der Waals surface area contributed by atoms with Crippen LogP contribution < -0.4 is 0 Å². The van der Waals surface area contributed by atoms with E-state index in [2.05, 4.69) is 4.98 Å². The van der Waals surface area contributed by atoms with Crippen LogP contribution in [0.15, 0.2) is 18.2 Å². The molecule has 2 rings (SSSR count). The first kappa shape index (κ1) is 13.4. The van der Waals surface area contributed by atoms with Gasteiger partial charge in [-0.2, -0.15) is 0 Å². The van der Waals surface area contributed by atoms with Gasteiger partial charge in [0.1, 0.15) is 5.82 Å². The third kappa shape index (κ3) is 2.70. The highest BCUT2D eigenvalue weighted by Crippen LogP contribution is 2.22. The van der Waals surface area contributed by atoms with Gasteiger partial charge >= 0.3 is 0 Å². The van der Waals surface area contributed by atoms with Gasteiger partial charge in [0.05, 0.1) is 11.0 Å². The molecule has 98 valence electrons. The predicted molar refractivity (Wildman–Crippen MR) is 75.3 cm³/mol. The van der Waals surface area contributed by atoms with Crippen LogP contribution in [0.4, 0.5) is 4.39 Å². The van der Waals surface area contributed by atoms with E-state index in [4.69, 9.17) is 12.2 Å². The molecule has 0 saturated heterocycles. The van der Waals surface area contributed by atoms with Gasteiger partial charge in [0, 0.05) is 28.9 Å². The Morgan fingerprint density at radius 3 is 2.94 bits per heavy atom. The third-order valence-electron chi connectivity index (χ3n) is 2.94. The van der Waals surface area contributed by atoms with E-state index in [0.717, 1.165) is 17.5 Å². The van der Waals surface area contributed by atoms with Crippen molar-refractivity contribution >= 4 is 34.1 Å². The Bertz CT molecular complexity index is 647. The summed E-state index contributed by atoms with van der Waals surface area (Å²) < 4.78 is 26.9. The molecule has 6 heteroatoms. The number of hydrogen-bond donors (Lipinski definition) is 1. The molecule has 0 aliphatic carbocycles. The van der Waals surface area contributed by atoms with Gasteiger partial charge in [0.2, 0.25) is 0 Å². The molecule has 1 N–H and O–H groups in total. The minimum absolute atomic E-state index is 0.0944. The molecule has 0 aliphatic heterocycles. The van der Waals surface area contributed by atoms with Crippen LogP contribution in [-0.2, 0) is 10.8 Å². The lowest BCUT2D eigenvalue weighted by atomic mass is 10.2. The highest BCUT2D eigenvalue weighted by molar-refractivity contribution is 7.84. The van der Waals surface area contributed by atoms with E-state index in [9.17, 15) is 8.60 Å². The molecule has 3 nitrogen and oxygen atoms in total. The van der Waals surface area contributed by atoms with Crippen LogP contribution in [-0.4, -0.2) is 25.8 Å². The molecule has 2 unspecified atom stereocenters. The molecule has 0 saturated carbocycles. The Morgan fingerprint density at radius 1 is 1.56 bits per heavy atom. The lowest BCUT2D eigenvalue weighted by Crippen LogP contribution is -2.09. The van der Waals surface area contributed by atoms with Crippen molar-refractivity contribution in [2.75, 3.05) is 12.0 Å². The minimum atomic E-state index is -0.824. The SMILES string of the molecule is CC(CCS(C)=O)n1c(=S)[nH]c2ccc(F)cc21. The summed E-state index contributed by atoms with van der Waals surface area (Å²) in [5.41, 5.74) is 1.58. The average molecular weight is 286 g/mol. The van der Waals surface area contributed by atoms with Crippen LogP contribution in [0, 0.1) is 10.6 Å². The molecule has 0 radical (unpaired) electrons. The summed E-state index contributed by atoms with van der Waals surface area (Å²) in [5.74, 6) is 0.335. The summed E-state index contributed by atoms with van der Waals surface area (Å²) in [7, 11) is -0.824. The predicted octanol–water partition coefficient (Wildman–Crippen LogP) is 3.17. The van der Waals surface area contributed by atoms with Gasteiger partial charge in [-0.1, -0.05) is 0 Å². The first-order valence-corrected chi connectivity index (χ1v) is 7.82. The van der Waals surface area contributed by atoms with Crippen molar-refractivity contribution in [2.24, 2.45) is 0 Å². The molecule has 0 fully saturated rings. The molecule has 0 spiro atoms. The number of rotatable bonds is 4. The van der Waals surface area contributed by atoms with Gasteiger partial charge in [-0.05, 0) is 43.8 Å². The zero-order valence-corrected chi connectivity index (χ0v) is 11.9. The lowest BCUT2D eigenvalue weighted by molar-refractivity contribution is 0.538. The van der Waals surface area contributed by atoms with Gasteiger partial charge < -0.3 is 9.55 Å².